The van der Waals surface area contributed by atoms with E-state index in [2.05, 4.69) is 48.6 Å². The van der Waals surface area contributed by atoms with Gasteiger partial charge in [-0.2, -0.15) is 0 Å². The number of nitrogens with zero attached hydrogens (tertiary/aromatic N) is 1. The van der Waals surface area contributed by atoms with Crippen LogP contribution in [-0.4, -0.2) is 5.16 Å². The molecule has 1 N–H and O–H groups in total. The van der Waals surface area contributed by atoms with Crippen LogP contribution in [0.25, 0.3) is 0 Å². The normalized spacial score (nSPS) is 20.6. The Morgan fingerprint density at radius 2 is 2.15 bits per heavy atom. The van der Waals surface area contributed by atoms with Crippen LogP contribution in [0.1, 0.15) is 48.9 Å². The molecule has 0 saturated heterocycles. The van der Waals surface area contributed by atoms with Gasteiger partial charge in [-0.1, -0.05) is 43.3 Å². The molecule has 0 amide bonds. The van der Waals surface area contributed by atoms with E-state index in [-0.39, 0.29) is 5.41 Å². The van der Waals surface area contributed by atoms with Gasteiger partial charge in [0.2, 0.25) is 0 Å². The van der Waals surface area contributed by atoms with Gasteiger partial charge in [0.1, 0.15) is 0 Å². The summed E-state index contributed by atoms with van der Waals surface area (Å²) in [7, 11) is 0. The van der Waals surface area contributed by atoms with Gasteiger partial charge in [0.25, 0.3) is 0 Å². The molecule has 1 unspecified atom stereocenters. The van der Waals surface area contributed by atoms with Crippen LogP contribution in [0, 0.1) is 12.3 Å². The van der Waals surface area contributed by atoms with Gasteiger partial charge in [-0.25, -0.2) is 0 Å². The summed E-state index contributed by atoms with van der Waals surface area (Å²) >= 11 is 0. The maximum Gasteiger partial charge on any atom is 0.150 e. The third-order valence-corrected chi connectivity index (χ3v) is 4.34. The van der Waals surface area contributed by atoms with E-state index in [1.165, 1.54) is 24.0 Å². The minimum absolute atomic E-state index is 0.253. The zero-order valence-electron chi connectivity index (χ0n) is 12.4. The van der Waals surface area contributed by atoms with Gasteiger partial charge in [0.15, 0.2) is 5.76 Å². The smallest absolute Gasteiger partial charge is 0.150 e. The van der Waals surface area contributed by atoms with Crippen LogP contribution in [0.3, 0.4) is 0 Å². The number of nitrogens with one attached hydrogen (secondary N) is 1. The second kappa shape index (κ2) is 5.06. The van der Waals surface area contributed by atoms with Crippen LogP contribution < -0.4 is 5.32 Å². The van der Waals surface area contributed by atoms with Gasteiger partial charge >= 0.3 is 0 Å². The van der Waals surface area contributed by atoms with Crippen molar-refractivity contribution in [2.45, 2.75) is 46.2 Å². The third kappa shape index (κ3) is 2.50. The van der Waals surface area contributed by atoms with Crippen LogP contribution in [0.15, 0.2) is 34.9 Å². The van der Waals surface area contributed by atoms with E-state index in [1.807, 2.05) is 13.0 Å². The van der Waals surface area contributed by atoms with Crippen molar-refractivity contribution in [3.05, 3.63) is 52.9 Å². The number of fused-ring (bicyclic) bond motifs is 1. The molecule has 20 heavy (non-hydrogen) atoms. The fourth-order valence-corrected chi connectivity index (χ4v) is 3.15. The monoisotopic (exact) mass is 270 g/mol. The number of rotatable bonds is 3. The van der Waals surface area contributed by atoms with Crippen LogP contribution in [0.5, 0.6) is 0 Å². The molecule has 3 heteroatoms. The maximum absolute atomic E-state index is 5.30. The summed E-state index contributed by atoms with van der Waals surface area (Å²) in [5, 5.41) is 7.61. The number of aromatic nitrogens is 1. The molecule has 2 aromatic rings. The summed E-state index contributed by atoms with van der Waals surface area (Å²) in [5.41, 5.74) is 4.09. The number of hydrogen-bond donors (Lipinski definition) is 1. The molecule has 1 aliphatic carbocycles. The minimum Gasteiger partial charge on any atom is -0.360 e. The average Bonchev–Trinajstić information content (AvgIpc) is 2.83. The average molecular weight is 270 g/mol. The summed E-state index contributed by atoms with van der Waals surface area (Å²) in [4.78, 5) is 0. The van der Waals surface area contributed by atoms with Gasteiger partial charge in [-0.3, -0.25) is 0 Å². The largest absolute Gasteiger partial charge is 0.360 e. The Morgan fingerprint density at radius 3 is 2.90 bits per heavy atom. The van der Waals surface area contributed by atoms with E-state index in [0.29, 0.717) is 6.04 Å². The highest BCUT2D eigenvalue weighted by Gasteiger charge is 2.35. The van der Waals surface area contributed by atoms with E-state index in [9.17, 15) is 0 Å². The third-order valence-electron chi connectivity index (χ3n) is 4.34. The molecule has 106 valence electrons. The molecule has 1 atom stereocenters. The van der Waals surface area contributed by atoms with E-state index < -0.39 is 0 Å². The zero-order chi connectivity index (χ0) is 14.2. The minimum atomic E-state index is 0.253. The standard InChI is InChI=1S/C17H22N2O/c1-12-10-14(20-19-12)11-18-16-15-7-5-4-6-13(15)8-9-17(16,2)3/h4-7,10,16,18H,8-9,11H2,1-3H3. The molecule has 0 bridgehead atoms. The fourth-order valence-electron chi connectivity index (χ4n) is 3.15. The SMILES string of the molecule is Cc1cc(CNC2c3ccccc3CCC2(C)C)on1. The second-order valence-corrected chi connectivity index (χ2v) is 6.44. The van der Waals surface area contributed by atoms with E-state index in [1.54, 1.807) is 0 Å². The quantitative estimate of drug-likeness (QED) is 0.922. The van der Waals surface area contributed by atoms with E-state index in [4.69, 9.17) is 4.52 Å². The first-order valence-electron chi connectivity index (χ1n) is 7.30. The lowest BCUT2D eigenvalue weighted by atomic mass is 9.70. The first-order valence-corrected chi connectivity index (χ1v) is 7.30. The molecule has 0 saturated carbocycles. The number of benzene rings is 1. The van der Waals surface area contributed by atoms with Crippen LogP contribution in [0.2, 0.25) is 0 Å². The highest BCUT2D eigenvalue weighted by molar-refractivity contribution is 5.34. The van der Waals surface area contributed by atoms with Crippen molar-refractivity contribution >= 4 is 0 Å². The molecule has 1 aromatic carbocycles. The Bertz CT molecular complexity index is 601. The van der Waals surface area contributed by atoms with Gasteiger partial charge in [-0.05, 0) is 36.3 Å². The van der Waals surface area contributed by atoms with Crippen molar-refractivity contribution in [2.75, 3.05) is 0 Å². The second-order valence-electron chi connectivity index (χ2n) is 6.44. The topological polar surface area (TPSA) is 38.1 Å². The molecular formula is C17H22N2O. The Labute approximate surface area is 120 Å². The first-order chi connectivity index (χ1) is 9.56. The van der Waals surface area contributed by atoms with Crippen LogP contribution in [0.4, 0.5) is 0 Å². The Kier molecular flexibility index (Phi) is 3.38. The molecule has 0 spiro atoms. The highest BCUT2D eigenvalue weighted by Crippen LogP contribution is 2.43. The number of aryl methyl sites for hydroxylation is 2. The highest BCUT2D eigenvalue weighted by atomic mass is 16.5. The molecule has 1 heterocycles. The van der Waals surface area contributed by atoms with Crippen molar-refractivity contribution in [2.24, 2.45) is 5.41 Å². The van der Waals surface area contributed by atoms with Gasteiger partial charge in [-0.15, -0.1) is 0 Å². The van der Waals surface area contributed by atoms with Crippen LogP contribution >= 0.6 is 0 Å². The molecule has 0 radical (unpaired) electrons. The maximum atomic E-state index is 5.30. The molecule has 3 nitrogen and oxygen atoms in total. The Balaban J connectivity index is 1.82. The lowest BCUT2D eigenvalue weighted by molar-refractivity contribution is 0.202. The zero-order valence-corrected chi connectivity index (χ0v) is 12.4. The van der Waals surface area contributed by atoms with Gasteiger partial charge in [0.05, 0.1) is 12.2 Å². The van der Waals surface area contributed by atoms with Crippen molar-refractivity contribution in [3.8, 4) is 0 Å². The summed E-state index contributed by atoms with van der Waals surface area (Å²) in [5.74, 6) is 0.904. The lowest BCUT2D eigenvalue weighted by Gasteiger charge is -2.40. The number of hydrogen-bond acceptors (Lipinski definition) is 3. The van der Waals surface area contributed by atoms with Crippen molar-refractivity contribution in [1.29, 1.82) is 0 Å². The van der Waals surface area contributed by atoms with E-state index >= 15 is 0 Å². The van der Waals surface area contributed by atoms with Gasteiger partial charge in [0, 0.05) is 12.1 Å². The van der Waals surface area contributed by atoms with Gasteiger partial charge < -0.3 is 9.84 Å². The summed E-state index contributed by atoms with van der Waals surface area (Å²) in [6.07, 6.45) is 2.37. The predicted octanol–water partition coefficient (Wildman–Crippen LogP) is 3.79. The van der Waals surface area contributed by atoms with Crippen LogP contribution in [-0.2, 0) is 13.0 Å². The lowest BCUT2D eigenvalue weighted by Crippen LogP contribution is -2.37. The Morgan fingerprint density at radius 1 is 1.35 bits per heavy atom. The fraction of sp³-hybridized carbons (Fsp3) is 0.471. The molecule has 1 aliphatic rings. The molecule has 1 aromatic heterocycles. The Hall–Kier alpha value is -1.61. The van der Waals surface area contributed by atoms with Crippen molar-refractivity contribution in [1.82, 2.24) is 10.5 Å². The molecule has 0 aliphatic heterocycles. The molecule has 3 rings (SSSR count). The first kappa shape index (κ1) is 13.4. The van der Waals surface area contributed by atoms with Crippen molar-refractivity contribution < 1.29 is 4.52 Å². The molecular weight excluding hydrogens is 248 g/mol. The van der Waals surface area contributed by atoms with E-state index in [0.717, 1.165) is 18.0 Å². The summed E-state index contributed by atoms with van der Waals surface area (Å²) < 4.78 is 5.30. The summed E-state index contributed by atoms with van der Waals surface area (Å²) in [6, 6.07) is 11.1. The van der Waals surface area contributed by atoms with Crippen molar-refractivity contribution in [3.63, 3.8) is 0 Å². The predicted molar refractivity (Wildman–Crippen MR) is 79.4 cm³/mol. The summed E-state index contributed by atoms with van der Waals surface area (Å²) in [6.45, 7) is 7.36. The molecule has 0 fully saturated rings.